The molecule has 0 aliphatic heterocycles. The number of aromatic nitrogens is 2. The predicted molar refractivity (Wildman–Crippen MR) is 66.5 cm³/mol. The monoisotopic (exact) mass is 270 g/mol. The molecule has 7 heteroatoms. The zero-order valence-corrected chi connectivity index (χ0v) is 10.8. The number of amides is 1. The van der Waals surface area contributed by atoms with Gasteiger partial charge in [-0.1, -0.05) is 6.08 Å². The third kappa shape index (κ3) is 6.01. The van der Waals surface area contributed by atoms with Gasteiger partial charge in [0.05, 0.1) is 6.54 Å². The van der Waals surface area contributed by atoms with E-state index in [0.29, 0.717) is 6.54 Å². The summed E-state index contributed by atoms with van der Waals surface area (Å²) in [5.74, 6) is -0.153. The zero-order valence-electron chi connectivity index (χ0n) is 10.8. The molecule has 0 spiro atoms. The molecule has 5 nitrogen and oxygen atoms in total. The predicted octanol–water partition coefficient (Wildman–Crippen LogP) is 1.15. The Labute approximate surface area is 110 Å². The smallest absolute Gasteiger partial charge is 0.280 e. The van der Waals surface area contributed by atoms with Gasteiger partial charge < -0.3 is 10.2 Å². The van der Waals surface area contributed by atoms with E-state index in [9.17, 15) is 13.6 Å². The minimum atomic E-state index is -2.64. The highest BCUT2D eigenvalue weighted by Gasteiger charge is 2.09. The normalized spacial score (nSPS) is 11.5. The summed E-state index contributed by atoms with van der Waals surface area (Å²) in [4.78, 5) is 20.8. The standard InChI is InChI=1S/C12H16F2N4O/c1-18(2)7-3-4-11(19)16-8-10-15-6-5-9(17-10)12(13)14/h3-6,12H,7-8H2,1-2H3,(H,16,19)/b4-3+. The van der Waals surface area contributed by atoms with Crippen LogP contribution < -0.4 is 5.32 Å². The van der Waals surface area contributed by atoms with Crippen LogP contribution in [0.2, 0.25) is 0 Å². The van der Waals surface area contributed by atoms with Gasteiger partial charge in [-0.3, -0.25) is 4.79 Å². The number of nitrogens with one attached hydrogen (secondary N) is 1. The SMILES string of the molecule is CN(C)C/C=C/C(=O)NCc1nccc(C(F)F)n1. The quantitative estimate of drug-likeness (QED) is 0.788. The number of hydrogen-bond donors (Lipinski definition) is 1. The van der Waals surface area contributed by atoms with E-state index in [1.807, 2.05) is 19.0 Å². The lowest BCUT2D eigenvalue weighted by molar-refractivity contribution is -0.116. The first-order valence-electron chi connectivity index (χ1n) is 5.68. The van der Waals surface area contributed by atoms with E-state index in [2.05, 4.69) is 15.3 Å². The Morgan fingerprint density at radius 2 is 2.26 bits per heavy atom. The van der Waals surface area contributed by atoms with Crippen LogP contribution in [0.4, 0.5) is 8.78 Å². The molecular weight excluding hydrogens is 254 g/mol. The van der Waals surface area contributed by atoms with Gasteiger partial charge >= 0.3 is 0 Å². The van der Waals surface area contributed by atoms with Gasteiger partial charge in [-0.05, 0) is 20.2 Å². The number of rotatable bonds is 6. The lowest BCUT2D eigenvalue weighted by atomic mass is 10.4. The molecule has 1 heterocycles. The van der Waals surface area contributed by atoms with Crippen LogP contribution in [0.25, 0.3) is 0 Å². The minimum Gasteiger partial charge on any atom is -0.345 e. The molecule has 104 valence electrons. The summed E-state index contributed by atoms with van der Waals surface area (Å²) >= 11 is 0. The number of carbonyl (C=O) groups excluding carboxylic acids is 1. The van der Waals surface area contributed by atoms with Crippen molar-refractivity contribution < 1.29 is 13.6 Å². The van der Waals surface area contributed by atoms with Crippen LogP contribution in [0, 0.1) is 0 Å². The maximum Gasteiger partial charge on any atom is 0.280 e. The van der Waals surface area contributed by atoms with Crippen molar-refractivity contribution in [3.63, 3.8) is 0 Å². The second-order valence-electron chi connectivity index (χ2n) is 4.08. The molecule has 1 rings (SSSR count). The van der Waals surface area contributed by atoms with Gasteiger partial charge in [0.25, 0.3) is 6.43 Å². The molecule has 0 aliphatic carbocycles. The Kier molecular flexibility index (Phi) is 6.01. The van der Waals surface area contributed by atoms with E-state index >= 15 is 0 Å². The highest BCUT2D eigenvalue weighted by Crippen LogP contribution is 2.14. The Bertz CT molecular complexity index is 449. The van der Waals surface area contributed by atoms with E-state index in [1.165, 1.54) is 12.3 Å². The van der Waals surface area contributed by atoms with Gasteiger partial charge in [-0.25, -0.2) is 18.7 Å². The van der Waals surface area contributed by atoms with Crippen LogP contribution in [0.1, 0.15) is 17.9 Å². The maximum atomic E-state index is 12.4. The fourth-order valence-corrected chi connectivity index (χ4v) is 1.22. The molecular formula is C12H16F2N4O. The van der Waals surface area contributed by atoms with E-state index < -0.39 is 6.43 Å². The molecule has 0 saturated carbocycles. The molecule has 0 saturated heterocycles. The first-order valence-corrected chi connectivity index (χ1v) is 5.68. The third-order valence-corrected chi connectivity index (χ3v) is 2.11. The Balaban J connectivity index is 2.46. The van der Waals surface area contributed by atoms with Crippen molar-refractivity contribution in [1.82, 2.24) is 20.2 Å². The Morgan fingerprint density at radius 1 is 1.53 bits per heavy atom. The van der Waals surface area contributed by atoms with Crippen molar-refractivity contribution in [3.05, 3.63) is 35.9 Å². The number of carbonyl (C=O) groups is 1. The van der Waals surface area contributed by atoms with Crippen molar-refractivity contribution in [2.75, 3.05) is 20.6 Å². The number of alkyl halides is 2. The van der Waals surface area contributed by atoms with Crippen LogP contribution in [0.15, 0.2) is 24.4 Å². The highest BCUT2D eigenvalue weighted by molar-refractivity contribution is 5.87. The molecule has 1 N–H and O–H groups in total. The lowest BCUT2D eigenvalue weighted by Crippen LogP contribution is -2.22. The molecule has 0 fully saturated rings. The summed E-state index contributed by atoms with van der Waals surface area (Å²) in [5, 5.41) is 2.52. The van der Waals surface area contributed by atoms with Crippen molar-refractivity contribution >= 4 is 5.91 Å². The summed E-state index contributed by atoms with van der Waals surface area (Å²) in [7, 11) is 3.76. The van der Waals surface area contributed by atoms with Crippen molar-refractivity contribution in [2.45, 2.75) is 13.0 Å². The third-order valence-electron chi connectivity index (χ3n) is 2.11. The largest absolute Gasteiger partial charge is 0.345 e. The van der Waals surface area contributed by atoms with Gasteiger partial charge in [-0.2, -0.15) is 0 Å². The average Bonchev–Trinajstić information content (AvgIpc) is 2.36. The molecule has 0 aromatic carbocycles. The molecule has 1 aromatic heterocycles. The summed E-state index contributed by atoms with van der Waals surface area (Å²) in [6.45, 7) is 0.663. The van der Waals surface area contributed by atoms with Crippen LogP contribution in [0.3, 0.4) is 0 Å². The summed E-state index contributed by atoms with van der Waals surface area (Å²) in [6.07, 6.45) is 1.69. The summed E-state index contributed by atoms with van der Waals surface area (Å²) in [6, 6.07) is 1.15. The van der Waals surface area contributed by atoms with E-state index in [1.54, 1.807) is 6.08 Å². The number of nitrogens with zero attached hydrogens (tertiary/aromatic N) is 3. The molecule has 0 radical (unpaired) electrons. The van der Waals surface area contributed by atoms with Crippen LogP contribution >= 0.6 is 0 Å². The van der Waals surface area contributed by atoms with Gasteiger partial charge in [-0.15, -0.1) is 0 Å². The summed E-state index contributed by atoms with van der Waals surface area (Å²) < 4.78 is 24.8. The zero-order chi connectivity index (χ0) is 14.3. The van der Waals surface area contributed by atoms with Crippen LogP contribution in [-0.4, -0.2) is 41.4 Å². The minimum absolute atomic E-state index is 0.0195. The first kappa shape index (κ1) is 15.2. The number of likely N-dealkylation sites (N-methyl/N-ethyl adjacent to an activating group) is 1. The van der Waals surface area contributed by atoms with E-state index in [4.69, 9.17) is 0 Å². The fraction of sp³-hybridized carbons (Fsp3) is 0.417. The second kappa shape index (κ2) is 7.52. The molecule has 0 atom stereocenters. The van der Waals surface area contributed by atoms with Gasteiger partial charge in [0.1, 0.15) is 11.5 Å². The topological polar surface area (TPSA) is 58.1 Å². The van der Waals surface area contributed by atoms with E-state index in [-0.39, 0.29) is 24.0 Å². The first-order chi connectivity index (χ1) is 8.99. The van der Waals surface area contributed by atoms with Crippen molar-refractivity contribution in [3.8, 4) is 0 Å². The lowest BCUT2D eigenvalue weighted by Gasteiger charge is -2.05. The fourth-order valence-electron chi connectivity index (χ4n) is 1.22. The molecule has 1 aromatic rings. The van der Waals surface area contributed by atoms with Crippen LogP contribution in [0.5, 0.6) is 0 Å². The molecule has 0 bridgehead atoms. The average molecular weight is 270 g/mol. The molecule has 0 unspecified atom stereocenters. The molecule has 19 heavy (non-hydrogen) atoms. The molecule has 1 amide bonds. The molecule has 0 aliphatic rings. The Morgan fingerprint density at radius 3 is 2.89 bits per heavy atom. The van der Waals surface area contributed by atoms with E-state index in [0.717, 1.165) is 6.07 Å². The van der Waals surface area contributed by atoms with Crippen molar-refractivity contribution in [1.29, 1.82) is 0 Å². The number of halogens is 2. The van der Waals surface area contributed by atoms with Gasteiger partial charge in [0.2, 0.25) is 5.91 Å². The Hall–Kier alpha value is -1.89. The second-order valence-corrected chi connectivity index (χ2v) is 4.08. The number of hydrogen-bond acceptors (Lipinski definition) is 4. The van der Waals surface area contributed by atoms with Crippen molar-refractivity contribution in [2.24, 2.45) is 0 Å². The highest BCUT2D eigenvalue weighted by atomic mass is 19.3. The maximum absolute atomic E-state index is 12.4. The summed E-state index contributed by atoms with van der Waals surface area (Å²) in [5.41, 5.74) is -0.345. The van der Waals surface area contributed by atoms with Crippen LogP contribution in [-0.2, 0) is 11.3 Å². The van der Waals surface area contributed by atoms with Gasteiger partial charge in [0, 0.05) is 18.8 Å². The van der Waals surface area contributed by atoms with Gasteiger partial charge in [0.15, 0.2) is 0 Å².